The predicted molar refractivity (Wildman–Crippen MR) is 146 cm³/mol. The lowest BCUT2D eigenvalue weighted by Gasteiger charge is -2.37. The molecule has 1 aliphatic heterocycles. The summed E-state index contributed by atoms with van der Waals surface area (Å²) in [7, 11) is 1.49. The summed E-state index contributed by atoms with van der Waals surface area (Å²) in [6, 6.07) is 2.22. The van der Waals surface area contributed by atoms with Crippen molar-refractivity contribution in [2.75, 3.05) is 7.05 Å². The van der Waals surface area contributed by atoms with E-state index in [0.717, 1.165) is 0 Å². The van der Waals surface area contributed by atoms with Crippen molar-refractivity contribution in [2.45, 2.75) is 70.8 Å². The molecular weight excluding hydrogens is 516 g/mol. The Kier molecular flexibility index (Phi) is 10.2. The van der Waals surface area contributed by atoms with Crippen LogP contribution in [-0.2, 0) is 20.8 Å². The van der Waals surface area contributed by atoms with Crippen LogP contribution in [0.2, 0.25) is 0 Å². The fraction of sp³-hybridized carbons (Fsp3) is 0.500. The Hall–Kier alpha value is -4.06. The van der Waals surface area contributed by atoms with Gasteiger partial charge in [-0.15, -0.1) is 0 Å². The molecule has 0 radical (unpaired) electrons. The van der Waals surface area contributed by atoms with E-state index in [0.29, 0.717) is 12.0 Å². The predicted octanol–water partition coefficient (Wildman–Crippen LogP) is 0.397. The van der Waals surface area contributed by atoms with E-state index < -0.39 is 59.8 Å². The van der Waals surface area contributed by atoms with Crippen molar-refractivity contribution in [2.24, 2.45) is 11.8 Å². The molecule has 2 aromatic rings. The number of nitrogens with zero attached hydrogens (tertiary/aromatic N) is 3. The van der Waals surface area contributed by atoms with E-state index in [9.17, 15) is 29.4 Å². The lowest BCUT2D eigenvalue weighted by molar-refractivity contribution is -0.142. The van der Waals surface area contributed by atoms with Crippen LogP contribution in [0.25, 0.3) is 0 Å². The minimum absolute atomic E-state index is 0.0512. The van der Waals surface area contributed by atoms with Gasteiger partial charge in [-0.3, -0.25) is 24.2 Å². The fourth-order valence-electron chi connectivity index (χ4n) is 4.66. The van der Waals surface area contributed by atoms with Crippen LogP contribution in [0.3, 0.4) is 0 Å². The minimum atomic E-state index is -1.33. The van der Waals surface area contributed by atoms with Gasteiger partial charge in [-0.1, -0.05) is 26.8 Å². The summed E-state index contributed by atoms with van der Waals surface area (Å²) in [6.07, 6.45) is 3.67. The van der Waals surface area contributed by atoms with Gasteiger partial charge in [0.25, 0.3) is 5.91 Å². The number of hydrogen-bond donors (Lipinski definition) is 5. The van der Waals surface area contributed by atoms with Gasteiger partial charge in [0.15, 0.2) is 5.69 Å². The second kappa shape index (κ2) is 13.3. The molecule has 0 saturated carbocycles. The summed E-state index contributed by atoms with van der Waals surface area (Å²) in [5.74, 6) is -3.77. The zero-order valence-electron chi connectivity index (χ0n) is 23.4. The number of aliphatic hydroxyl groups excluding tert-OH is 1. The fourth-order valence-corrected chi connectivity index (χ4v) is 4.66. The summed E-state index contributed by atoms with van der Waals surface area (Å²) < 4.78 is 0. The molecule has 0 spiro atoms. The first-order valence-corrected chi connectivity index (χ1v) is 13.3. The summed E-state index contributed by atoms with van der Waals surface area (Å²) in [5.41, 5.74) is 0.427. The number of nitrogens with one attached hydrogen (secondary N) is 3. The highest BCUT2D eigenvalue weighted by Gasteiger charge is 2.40. The van der Waals surface area contributed by atoms with Crippen molar-refractivity contribution in [3.8, 4) is 5.75 Å². The van der Waals surface area contributed by atoms with Crippen LogP contribution < -0.4 is 16.0 Å². The van der Waals surface area contributed by atoms with Crippen LogP contribution in [0.5, 0.6) is 5.75 Å². The van der Waals surface area contributed by atoms with Crippen molar-refractivity contribution in [1.29, 1.82) is 0 Å². The molecule has 5 N–H and O–H groups in total. The third-order valence-corrected chi connectivity index (χ3v) is 7.18. The Morgan fingerprint density at radius 2 is 1.80 bits per heavy atom. The van der Waals surface area contributed by atoms with Crippen LogP contribution >= 0.6 is 0 Å². The molecule has 3 heterocycles. The molecule has 1 fully saturated rings. The number of rotatable bonds is 6. The molecule has 12 heteroatoms. The first kappa shape index (κ1) is 30.5. The van der Waals surface area contributed by atoms with Gasteiger partial charge in [-0.05, 0) is 49.4 Å². The lowest BCUT2D eigenvalue weighted by Crippen LogP contribution is -2.64. The molecule has 0 aromatic carbocycles. The number of hydrogen-bond acceptors (Lipinski definition) is 8. The summed E-state index contributed by atoms with van der Waals surface area (Å²) in [4.78, 5) is 62.9. The maximum Gasteiger partial charge on any atom is 0.274 e. The van der Waals surface area contributed by atoms with Crippen LogP contribution in [0, 0.1) is 11.8 Å². The number of carbonyl (C=O) groups is 4. The number of likely N-dealkylation sites (N-methyl/N-ethyl adjacent to an activating group) is 1. The summed E-state index contributed by atoms with van der Waals surface area (Å²) >= 11 is 0. The molecule has 40 heavy (non-hydrogen) atoms. The zero-order valence-corrected chi connectivity index (χ0v) is 23.4. The van der Waals surface area contributed by atoms with Crippen LogP contribution in [-0.4, -0.2) is 86.0 Å². The third kappa shape index (κ3) is 7.32. The molecule has 216 valence electrons. The van der Waals surface area contributed by atoms with Gasteiger partial charge in [0.05, 0.1) is 24.1 Å². The molecule has 2 aromatic heterocycles. The maximum absolute atomic E-state index is 13.8. The van der Waals surface area contributed by atoms with Crippen LogP contribution in [0.15, 0.2) is 42.9 Å². The number of aromatic hydroxyl groups is 1. The molecule has 1 saturated heterocycles. The number of aliphatic hydroxyl groups is 1. The van der Waals surface area contributed by atoms with Crippen molar-refractivity contribution in [3.63, 3.8) is 0 Å². The van der Waals surface area contributed by atoms with Crippen molar-refractivity contribution < 1.29 is 29.4 Å². The number of aromatic nitrogens is 2. The van der Waals surface area contributed by atoms with E-state index in [-0.39, 0.29) is 23.8 Å². The van der Waals surface area contributed by atoms with E-state index in [1.165, 1.54) is 37.2 Å². The Morgan fingerprint density at radius 3 is 2.42 bits per heavy atom. The van der Waals surface area contributed by atoms with Crippen LogP contribution in [0.1, 0.15) is 50.2 Å². The number of amides is 4. The van der Waals surface area contributed by atoms with Gasteiger partial charge >= 0.3 is 0 Å². The number of pyridine rings is 2. The highest BCUT2D eigenvalue weighted by Crippen LogP contribution is 2.19. The number of carbonyl (C=O) groups excluding carboxylic acids is 4. The summed E-state index contributed by atoms with van der Waals surface area (Å²) in [6.45, 7) is 6.95. The van der Waals surface area contributed by atoms with E-state index in [2.05, 4.69) is 25.9 Å². The van der Waals surface area contributed by atoms with Crippen molar-refractivity contribution in [1.82, 2.24) is 30.8 Å². The molecule has 4 amide bonds. The highest BCUT2D eigenvalue weighted by molar-refractivity contribution is 5.98. The molecule has 0 aliphatic carbocycles. The normalized spacial score (nSPS) is 26.4. The molecule has 3 rings (SSSR count). The van der Waals surface area contributed by atoms with Gasteiger partial charge < -0.3 is 31.1 Å². The first-order valence-electron chi connectivity index (χ1n) is 13.3. The molecule has 1 aliphatic rings. The topological polar surface area (TPSA) is 174 Å². The molecule has 6 atom stereocenters. The second-order valence-corrected chi connectivity index (χ2v) is 10.7. The van der Waals surface area contributed by atoms with Crippen molar-refractivity contribution in [3.05, 3.63) is 54.1 Å². The average Bonchev–Trinajstić information content (AvgIpc) is 2.93. The smallest absolute Gasteiger partial charge is 0.274 e. The minimum Gasteiger partial charge on any atom is -0.505 e. The van der Waals surface area contributed by atoms with Gasteiger partial charge in [-0.25, -0.2) is 4.98 Å². The van der Waals surface area contributed by atoms with Gasteiger partial charge in [0.2, 0.25) is 17.7 Å². The Labute approximate surface area is 233 Å². The average molecular weight is 555 g/mol. The van der Waals surface area contributed by atoms with Gasteiger partial charge in [0, 0.05) is 25.6 Å². The van der Waals surface area contributed by atoms with Gasteiger partial charge in [-0.2, -0.15) is 0 Å². The monoisotopic (exact) mass is 554 g/mol. The molecular formula is C28H38N6O6. The van der Waals surface area contributed by atoms with E-state index in [1.807, 2.05) is 13.8 Å². The zero-order chi connectivity index (χ0) is 29.6. The SMILES string of the molecule is CC(C)CC1NC(=O)[C@H](C)[C@H](O)[C@H](Cc2cccnc2)NC(=O)[C@@H](NC(=O)c2ncccc2O)[C@@H](C)N(C)C1=O. The van der Waals surface area contributed by atoms with E-state index >= 15 is 0 Å². The maximum atomic E-state index is 13.8. The standard InChI is InChI=1S/C28H38N6O6/c1-15(2)12-20-28(40)34(5)17(4)22(33-27(39)23-21(35)9-7-11-30-23)26(38)31-19(13-18-8-6-10-29-14-18)24(36)16(3)25(37)32-20/h6-11,14-17,19-20,22,24,35-36H,12-13H2,1-5H3,(H,31,38)(H,32,37)(H,33,39)/t16-,17-,19+,20?,22+,24+/m1/s1. The third-order valence-electron chi connectivity index (χ3n) is 7.18. The lowest BCUT2D eigenvalue weighted by atomic mass is 9.91. The first-order chi connectivity index (χ1) is 18.9. The van der Waals surface area contributed by atoms with E-state index in [1.54, 1.807) is 31.5 Å². The summed E-state index contributed by atoms with van der Waals surface area (Å²) in [5, 5.41) is 29.6. The van der Waals surface area contributed by atoms with E-state index in [4.69, 9.17) is 0 Å². The molecule has 12 nitrogen and oxygen atoms in total. The van der Waals surface area contributed by atoms with Crippen LogP contribution in [0.4, 0.5) is 0 Å². The van der Waals surface area contributed by atoms with Gasteiger partial charge in [0.1, 0.15) is 17.8 Å². The quantitative estimate of drug-likeness (QED) is 0.341. The second-order valence-electron chi connectivity index (χ2n) is 10.7. The Balaban J connectivity index is 2.04. The molecule has 0 bridgehead atoms. The Morgan fingerprint density at radius 1 is 1.10 bits per heavy atom. The largest absolute Gasteiger partial charge is 0.505 e. The highest BCUT2D eigenvalue weighted by atomic mass is 16.3. The Bertz CT molecular complexity index is 1210. The molecule has 1 unspecified atom stereocenters. The van der Waals surface area contributed by atoms with Crippen molar-refractivity contribution >= 4 is 23.6 Å².